The van der Waals surface area contributed by atoms with E-state index in [4.69, 9.17) is 9.72 Å². The number of aryl methyl sites for hydroxylation is 2. The molecule has 7 heteroatoms. The van der Waals surface area contributed by atoms with E-state index < -0.39 is 0 Å². The van der Waals surface area contributed by atoms with Gasteiger partial charge in [0.2, 0.25) is 5.88 Å². The van der Waals surface area contributed by atoms with Crippen LogP contribution in [0, 0.1) is 6.92 Å². The van der Waals surface area contributed by atoms with Crippen LogP contribution in [0.5, 0.6) is 5.88 Å². The van der Waals surface area contributed by atoms with Gasteiger partial charge >= 0.3 is 0 Å². The van der Waals surface area contributed by atoms with E-state index in [1.807, 2.05) is 26.1 Å². The van der Waals surface area contributed by atoms with E-state index >= 15 is 0 Å². The Morgan fingerprint density at radius 1 is 1.14 bits per heavy atom. The van der Waals surface area contributed by atoms with Crippen LogP contribution in [-0.2, 0) is 6.42 Å². The summed E-state index contributed by atoms with van der Waals surface area (Å²) in [4.78, 5) is 26.6. The number of ether oxygens (including phenoxy) is 1. The molecule has 1 amide bonds. The van der Waals surface area contributed by atoms with Crippen LogP contribution >= 0.6 is 0 Å². The van der Waals surface area contributed by atoms with Crippen LogP contribution in [0.4, 0.5) is 11.5 Å². The van der Waals surface area contributed by atoms with Crippen LogP contribution in [0.3, 0.4) is 0 Å². The Kier molecular flexibility index (Phi) is 6.45. The molecule has 0 unspecified atom stereocenters. The molecule has 0 radical (unpaired) electrons. The Bertz CT molecular complexity index is 870. The SMILES string of the molecule is CCCC(CCC)n1c(CC)nc2c1C(=O)N(C)CN2c1ccc(OC)nc1C. The third-order valence-corrected chi connectivity index (χ3v) is 5.58. The number of imidazole rings is 1. The summed E-state index contributed by atoms with van der Waals surface area (Å²) in [6.07, 6.45) is 5.04. The van der Waals surface area contributed by atoms with Crippen molar-refractivity contribution in [3.8, 4) is 5.88 Å². The molecule has 0 aliphatic carbocycles. The maximum absolute atomic E-state index is 13.2. The van der Waals surface area contributed by atoms with Crippen LogP contribution in [-0.4, -0.2) is 46.2 Å². The second-order valence-corrected chi connectivity index (χ2v) is 7.69. The molecule has 158 valence electrons. The van der Waals surface area contributed by atoms with Gasteiger partial charge in [-0.15, -0.1) is 0 Å². The molecule has 7 nitrogen and oxygen atoms in total. The number of carbonyl (C=O) groups is 1. The van der Waals surface area contributed by atoms with E-state index in [0.717, 1.165) is 55.1 Å². The third-order valence-electron chi connectivity index (χ3n) is 5.58. The van der Waals surface area contributed by atoms with Gasteiger partial charge in [0.1, 0.15) is 5.82 Å². The fourth-order valence-electron chi connectivity index (χ4n) is 4.21. The lowest BCUT2D eigenvalue weighted by Gasteiger charge is -2.35. The van der Waals surface area contributed by atoms with Gasteiger partial charge in [-0.1, -0.05) is 33.6 Å². The maximum atomic E-state index is 13.2. The summed E-state index contributed by atoms with van der Waals surface area (Å²) in [7, 11) is 3.46. The van der Waals surface area contributed by atoms with Crippen LogP contribution in [0.15, 0.2) is 12.1 Å². The minimum Gasteiger partial charge on any atom is -0.481 e. The summed E-state index contributed by atoms with van der Waals surface area (Å²) < 4.78 is 7.48. The molecule has 0 aromatic carbocycles. The molecule has 0 N–H and O–H groups in total. The zero-order chi connectivity index (χ0) is 21.1. The molecule has 0 spiro atoms. The van der Waals surface area contributed by atoms with Crippen LogP contribution in [0.2, 0.25) is 0 Å². The first kappa shape index (κ1) is 21.1. The van der Waals surface area contributed by atoms with E-state index in [2.05, 4.69) is 35.2 Å². The van der Waals surface area contributed by atoms with Gasteiger partial charge < -0.3 is 19.1 Å². The predicted molar refractivity (Wildman–Crippen MR) is 115 cm³/mol. The normalized spacial score (nSPS) is 14.0. The molecular weight excluding hydrogens is 366 g/mol. The molecule has 0 fully saturated rings. The van der Waals surface area contributed by atoms with Gasteiger partial charge in [-0.25, -0.2) is 9.97 Å². The Balaban J connectivity index is 2.17. The molecule has 0 atom stereocenters. The minimum absolute atomic E-state index is 0.0415. The van der Waals surface area contributed by atoms with Crippen molar-refractivity contribution >= 4 is 17.4 Å². The summed E-state index contributed by atoms with van der Waals surface area (Å²) in [5.41, 5.74) is 2.50. The van der Waals surface area contributed by atoms with E-state index in [1.165, 1.54) is 0 Å². The molecular formula is C22H33N5O2. The molecule has 1 aliphatic heterocycles. The minimum atomic E-state index is 0.0415. The summed E-state index contributed by atoms with van der Waals surface area (Å²) in [6, 6.07) is 4.14. The number of pyridine rings is 1. The van der Waals surface area contributed by atoms with Crippen molar-refractivity contribution in [3.63, 3.8) is 0 Å². The highest BCUT2D eigenvalue weighted by Gasteiger charge is 2.36. The van der Waals surface area contributed by atoms with Crippen molar-refractivity contribution in [1.29, 1.82) is 0 Å². The predicted octanol–water partition coefficient (Wildman–Crippen LogP) is 4.48. The number of amides is 1. The fraction of sp³-hybridized carbons (Fsp3) is 0.591. The van der Waals surface area contributed by atoms with Crippen molar-refractivity contribution < 1.29 is 9.53 Å². The van der Waals surface area contributed by atoms with Crippen LogP contribution in [0.25, 0.3) is 0 Å². The molecule has 2 aromatic rings. The Hall–Kier alpha value is -2.57. The Morgan fingerprint density at radius 3 is 2.38 bits per heavy atom. The van der Waals surface area contributed by atoms with E-state index in [0.29, 0.717) is 24.3 Å². The second-order valence-electron chi connectivity index (χ2n) is 7.69. The first-order chi connectivity index (χ1) is 14.0. The molecule has 29 heavy (non-hydrogen) atoms. The standard InChI is InChI=1S/C22H33N5O2/c1-7-10-16(11-8-2)27-18(9-3)24-21-20(27)22(28)25(5)14-26(21)17-12-13-19(29-6)23-15(17)4/h12-13,16H,7-11,14H2,1-6H3. The number of hydrogen-bond donors (Lipinski definition) is 0. The zero-order valence-corrected chi connectivity index (χ0v) is 18.5. The van der Waals surface area contributed by atoms with Crippen molar-refractivity contribution in [3.05, 3.63) is 29.3 Å². The maximum Gasteiger partial charge on any atom is 0.275 e. The van der Waals surface area contributed by atoms with Crippen molar-refractivity contribution in [2.45, 2.75) is 65.8 Å². The van der Waals surface area contributed by atoms with E-state index in [1.54, 1.807) is 12.0 Å². The van der Waals surface area contributed by atoms with Gasteiger partial charge in [0.25, 0.3) is 5.91 Å². The zero-order valence-electron chi connectivity index (χ0n) is 18.5. The van der Waals surface area contributed by atoms with Crippen LogP contribution in [0.1, 0.15) is 74.5 Å². The van der Waals surface area contributed by atoms with Gasteiger partial charge in [-0.2, -0.15) is 0 Å². The van der Waals surface area contributed by atoms with Gasteiger partial charge in [-0.3, -0.25) is 4.79 Å². The number of methoxy groups -OCH3 is 1. The number of fused-ring (bicyclic) bond motifs is 1. The smallest absolute Gasteiger partial charge is 0.275 e. The Labute approximate surface area is 173 Å². The molecule has 0 saturated carbocycles. The third kappa shape index (κ3) is 3.82. The molecule has 0 bridgehead atoms. The van der Waals surface area contributed by atoms with Crippen molar-refractivity contribution in [1.82, 2.24) is 19.4 Å². The second kappa shape index (κ2) is 8.84. The van der Waals surface area contributed by atoms with Gasteiger partial charge in [0.05, 0.1) is 25.2 Å². The van der Waals surface area contributed by atoms with Gasteiger partial charge in [-0.05, 0) is 25.8 Å². The molecule has 2 aromatic heterocycles. The highest BCUT2D eigenvalue weighted by atomic mass is 16.5. The molecule has 3 heterocycles. The number of carbonyl (C=O) groups excluding carboxylic acids is 1. The first-order valence-electron chi connectivity index (χ1n) is 10.6. The largest absolute Gasteiger partial charge is 0.481 e. The quantitative estimate of drug-likeness (QED) is 0.655. The topological polar surface area (TPSA) is 63.5 Å². The monoisotopic (exact) mass is 399 g/mol. The summed E-state index contributed by atoms with van der Waals surface area (Å²) in [5.74, 6) is 2.35. The highest BCUT2D eigenvalue weighted by Crippen LogP contribution is 2.38. The van der Waals surface area contributed by atoms with Gasteiger partial charge in [0, 0.05) is 25.6 Å². The molecule has 0 saturated heterocycles. The number of hydrogen-bond acceptors (Lipinski definition) is 5. The molecule has 1 aliphatic rings. The number of rotatable bonds is 8. The highest BCUT2D eigenvalue weighted by molar-refractivity contribution is 6.00. The van der Waals surface area contributed by atoms with Crippen molar-refractivity contribution in [2.75, 3.05) is 25.7 Å². The lowest BCUT2D eigenvalue weighted by Crippen LogP contribution is -2.43. The average Bonchev–Trinajstić information content (AvgIpc) is 3.10. The summed E-state index contributed by atoms with van der Waals surface area (Å²) >= 11 is 0. The fourth-order valence-corrected chi connectivity index (χ4v) is 4.21. The first-order valence-corrected chi connectivity index (χ1v) is 10.6. The Morgan fingerprint density at radius 2 is 1.83 bits per heavy atom. The lowest BCUT2D eigenvalue weighted by atomic mass is 10.1. The van der Waals surface area contributed by atoms with Gasteiger partial charge in [0.15, 0.2) is 11.5 Å². The average molecular weight is 400 g/mol. The number of anilines is 2. The summed E-state index contributed by atoms with van der Waals surface area (Å²) in [6.45, 7) is 8.92. The molecule has 3 rings (SSSR count). The van der Waals surface area contributed by atoms with Crippen LogP contribution < -0.4 is 9.64 Å². The summed E-state index contributed by atoms with van der Waals surface area (Å²) in [5, 5.41) is 0. The van der Waals surface area contributed by atoms with Crippen molar-refractivity contribution in [2.24, 2.45) is 0 Å². The number of nitrogens with zero attached hydrogens (tertiary/aromatic N) is 5. The van der Waals surface area contributed by atoms with E-state index in [-0.39, 0.29) is 5.91 Å². The van der Waals surface area contributed by atoms with E-state index in [9.17, 15) is 4.79 Å². The number of aromatic nitrogens is 3. The lowest BCUT2D eigenvalue weighted by molar-refractivity contribution is 0.0772.